The van der Waals surface area contributed by atoms with Crippen molar-refractivity contribution in [3.8, 4) is 0 Å². The van der Waals surface area contributed by atoms with Gasteiger partial charge in [0, 0.05) is 39.9 Å². The van der Waals surface area contributed by atoms with Crippen molar-refractivity contribution in [1.29, 1.82) is 0 Å². The van der Waals surface area contributed by atoms with E-state index in [1.165, 1.54) is 31.2 Å². The maximum Gasteiger partial charge on any atom is 0.193 e. The van der Waals surface area contributed by atoms with Crippen LogP contribution in [0.4, 0.5) is 0 Å². The lowest BCUT2D eigenvalue weighted by atomic mass is 9.90. The molecule has 2 saturated heterocycles. The van der Waals surface area contributed by atoms with Crippen molar-refractivity contribution in [2.45, 2.75) is 44.6 Å². The first-order chi connectivity index (χ1) is 13.3. The molecule has 1 atom stereocenters. The molecule has 2 aliphatic rings. The number of piperidine rings is 1. The van der Waals surface area contributed by atoms with Crippen molar-refractivity contribution < 1.29 is 9.47 Å². The molecule has 0 amide bonds. The Morgan fingerprint density at radius 1 is 1.21 bits per heavy atom. The van der Waals surface area contributed by atoms with Gasteiger partial charge in [-0.05, 0) is 50.0 Å². The van der Waals surface area contributed by atoms with Gasteiger partial charge in [-0.15, -0.1) is 24.0 Å². The van der Waals surface area contributed by atoms with Crippen LogP contribution in [0.5, 0.6) is 0 Å². The zero-order valence-electron chi connectivity index (χ0n) is 17.1. The van der Waals surface area contributed by atoms with Crippen LogP contribution < -0.4 is 5.32 Å². The first kappa shape index (κ1) is 23.4. The number of halogens is 1. The highest BCUT2D eigenvalue weighted by molar-refractivity contribution is 14.0. The second-order valence-electron chi connectivity index (χ2n) is 7.66. The molecule has 28 heavy (non-hydrogen) atoms. The van der Waals surface area contributed by atoms with Crippen molar-refractivity contribution in [2.24, 2.45) is 10.9 Å². The number of guanidine groups is 1. The Hall–Kier alpha value is -0.860. The number of nitrogens with one attached hydrogen (secondary N) is 1. The van der Waals surface area contributed by atoms with Crippen LogP contribution in [-0.2, 0) is 15.9 Å². The molecule has 0 saturated carbocycles. The molecule has 1 unspecified atom stereocenters. The number of aliphatic imine (C=N–C) groups is 1. The van der Waals surface area contributed by atoms with Gasteiger partial charge in [-0.3, -0.25) is 4.99 Å². The fourth-order valence-corrected chi connectivity index (χ4v) is 3.99. The summed E-state index contributed by atoms with van der Waals surface area (Å²) in [7, 11) is 1.88. The largest absolute Gasteiger partial charge is 0.379 e. The maximum atomic E-state index is 5.73. The summed E-state index contributed by atoms with van der Waals surface area (Å²) in [6.45, 7) is 5.50. The van der Waals surface area contributed by atoms with Gasteiger partial charge < -0.3 is 19.7 Å². The summed E-state index contributed by atoms with van der Waals surface area (Å²) in [5.74, 6) is 1.82. The number of benzene rings is 1. The topological polar surface area (TPSA) is 46.1 Å². The summed E-state index contributed by atoms with van der Waals surface area (Å²) in [5.41, 5.74) is 1.46. The Kier molecular flexibility index (Phi) is 11.2. The standard InChI is InChI=1S/C22H35N3O2.HI/c1-23-22(24-12-6-15-26-18-21-9-5-16-27-21)25-13-10-20(11-14-25)17-19-7-3-2-4-8-19;/h2-4,7-8,20-21H,5-6,9-18H2,1H3,(H,23,24);1H. The van der Waals surface area contributed by atoms with E-state index < -0.39 is 0 Å². The van der Waals surface area contributed by atoms with E-state index in [4.69, 9.17) is 9.47 Å². The molecule has 0 aliphatic carbocycles. The fourth-order valence-electron chi connectivity index (χ4n) is 3.99. The second kappa shape index (κ2) is 13.4. The van der Waals surface area contributed by atoms with Crippen LogP contribution in [0.15, 0.2) is 35.3 Å². The molecular formula is C22H36IN3O2. The van der Waals surface area contributed by atoms with Crippen LogP contribution >= 0.6 is 24.0 Å². The van der Waals surface area contributed by atoms with Crippen LogP contribution in [-0.4, -0.2) is 63.5 Å². The van der Waals surface area contributed by atoms with Gasteiger partial charge in [0.05, 0.1) is 12.7 Å². The number of ether oxygens (including phenoxy) is 2. The molecule has 2 aliphatic heterocycles. The summed E-state index contributed by atoms with van der Waals surface area (Å²) in [6.07, 6.45) is 7.31. The number of nitrogens with zero attached hydrogens (tertiary/aromatic N) is 2. The molecule has 2 heterocycles. The van der Waals surface area contributed by atoms with E-state index >= 15 is 0 Å². The Bertz CT molecular complexity index is 556. The third-order valence-electron chi connectivity index (χ3n) is 5.57. The molecule has 5 nitrogen and oxygen atoms in total. The third kappa shape index (κ3) is 7.87. The van der Waals surface area contributed by atoms with Gasteiger partial charge in [0.15, 0.2) is 5.96 Å². The lowest BCUT2D eigenvalue weighted by molar-refractivity contribution is 0.0168. The smallest absolute Gasteiger partial charge is 0.193 e. The van der Waals surface area contributed by atoms with Crippen LogP contribution in [0.3, 0.4) is 0 Å². The lowest BCUT2D eigenvalue weighted by Gasteiger charge is -2.34. The highest BCUT2D eigenvalue weighted by Gasteiger charge is 2.21. The Balaban J connectivity index is 0.00000280. The summed E-state index contributed by atoms with van der Waals surface area (Å²) < 4.78 is 11.3. The third-order valence-corrected chi connectivity index (χ3v) is 5.57. The molecule has 6 heteroatoms. The van der Waals surface area contributed by atoms with E-state index in [-0.39, 0.29) is 24.0 Å². The minimum atomic E-state index is 0. The molecule has 2 fully saturated rings. The van der Waals surface area contributed by atoms with Gasteiger partial charge in [0.1, 0.15) is 0 Å². The van der Waals surface area contributed by atoms with Crippen molar-refractivity contribution in [1.82, 2.24) is 10.2 Å². The summed E-state index contributed by atoms with van der Waals surface area (Å²) in [5, 5.41) is 3.50. The molecule has 0 aromatic heterocycles. The fraction of sp³-hybridized carbons (Fsp3) is 0.682. The highest BCUT2D eigenvalue weighted by Crippen LogP contribution is 2.21. The summed E-state index contributed by atoms with van der Waals surface area (Å²) in [6, 6.07) is 10.9. The molecule has 158 valence electrons. The molecule has 1 aromatic carbocycles. The van der Waals surface area contributed by atoms with Crippen LogP contribution in [0, 0.1) is 5.92 Å². The molecule has 1 N–H and O–H groups in total. The number of hydrogen-bond acceptors (Lipinski definition) is 3. The number of likely N-dealkylation sites (tertiary alicyclic amines) is 1. The first-order valence-electron chi connectivity index (χ1n) is 10.5. The predicted molar refractivity (Wildman–Crippen MR) is 126 cm³/mol. The minimum Gasteiger partial charge on any atom is -0.379 e. The molecular weight excluding hydrogens is 465 g/mol. The lowest BCUT2D eigenvalue weighted by Crippen LogP contribution is -2.46. The summed E-state index contributed by atoms with van der Waals surface area (Å²) >= 11 is 0. The number of hydrogen-bond donors (Lipinski definition) is 1. The highest BCUT2D eigenvalue weighted by atomic mass is 127. The minimum absolute atomic E-state index is 0. The van der Waals surface area contributed by atoms with E-state index in [2.05, 4.69) is 45.5 Å². The van der Waals surface area contributed by atoms with Gasteiger partial charge in [-0.1, -0.05) is 30.3 Å². The normalized spacial score (nSPS) is 20.8. The monoisotopic (exact) mass is 501 g/mol. The predicted octanol–water partition coefficient (Wildman–Crippen LogP) is 3.72. The molecule has 1 aromatic rings. The van der Waals surface area contributed by atoms with Crippen LogP contribution in [0.1, 0.15) is 37.7 Å². The van der Waals surface area contributed by atoms with Gasteiger partial charge in [0.2, 0.25) is 0 Å². The maximum absolute atomic E-state index is 5.73. The Labute approximate surface area is 187 Å². The van der Waals surface area contributed by atoms with Crippen LogP contribution in [0.25, 0.3) is 0 Å². The van der Waals surface area contributed by atoms with Gasteiger partial charge in [-0.25, -0.2) is 0 Å². The van der Waals surface area contributed by atoms with E-state index in [0.717, 1.165) is 64.2 Å². The van der Waals surface area contributed by atoms with Crippen LogP contribution in [0.2, 0.25) is 0 Å². The van der Waals surface area contributed by atoms with Gasteiger partial charge in [0.25, 0.3) is 0 Å². The molecule has 0 bridgehead atoms. The van der Waals surface area contributed by atoms with Crippen molar-refractivity contribution in [3.63, 3.8) is 0 Å². The van der Waals surface area contributed by atoms with Gasteiger partial charge >= 0.3 is 0 Å². The molecule has 3 rings (SSSR count). The quantitative estimate of drug-likeness (QED) is 0.255. The van der Waals surface area contributed by atoms with Crippen molar-refractivity contribution in [2.75, 3.05) is 46.5 Å². The zero-order chi connectivity index (χ0) is 18.7. The van der Waals surface area contributed by atoms with Crippen molar-refractivity contribution >= 4 is 29.9 Å². The van der Waals surface area contributed by atoms with Crippen molar-refractivity contribution in [3.05, 3.63) is 35.9 Å². The summed E-state index contributed by atoms with van der Waals surface area (Å²) in [4.78, 5) is 6.87. The van der Waals surface area contributed by atoms with E-state index in [1.807, 2.05) is 7.05 Å². The van der Waals surface area contributed by atoms with E-state index in [9.17, 15) is 0 Å². The Morgan fingerprint density at radius 2 is 2.00 bits per heavy atom. The second-order valence-corrected chi connectivity index (χ2v) is 7.66. The Morgan fingerprint density at radius 3 is 2.68 bits per heavy atom. The van der Waals surface area contributed by atoms with E-state index in [1.54, 1.807) is 0 Å². The average molecular weight is 501 g/mol. The molecule has 0 spiro atoms. The first-order valence-corrected chi connectivity index (χ1v) is 10.5. The SMILES string of the molecule is CN=C(NCCCOCC1CCCO1)N1CCC(Cc2ccccc2)CC1.I. The zero-order valence-corrected chi connectivity index (χ0v) is 19.5. The average Bonchev–Trinajstić information content (AvgIpc) is 3.23. The van der Waals surface area contributed by atoms with Gasteiger partial charge in [-0.2, -0.15) is 0 Å². The number of rotatable bonds is 8. The molecule has 0 radical (unpaired) electrons. The van der Waals surface area contributed by atoms with E-state index in [0.29, 0.717) is 6.10 Å².